The number of aliphatic carboxylic acids is 1. The molecule has 1 atom stereocenters. The number of hydrogen-bond acceptors (Lipinski definition) is 3. The third-order valence-electron chi connectivity index (χ3n) is 2.43. The average Bonchev–Trinajstić information content (AvgIpc) is 2.63. The first-order valence-corrected chi connectivity index (χ1v) is 6.43. The molecule has 1 heterocycles. The van der Waals surface area contributed by atoms with Crippen molar-refractivity contribution in [3.8, 4) is 0 Å². The molecule has 0 bridgehead atoms. The van der Waals surface area contributed by atoms with Crippen LogP contribution >= 0.6 is 22.9 Å². The van der Waals surface area contributed by atoms with Gasteiger partial charge in [0.05, 0.1) is 10.9 Å². The van der Waals surface area contributed by atoms with Crippen molar-refractivity contribution in [1.29, 1.82) is 0 Å². The Bertz CT molecular complexity index is 417. The van der Waals surface area contributed by atoms with E-state index in [9.17, 15) is 9.59 Å². The fourth-order valence-corrected chi connectivity index (χ4v) is 2.40. The Kier molecular flexibility index (Phi) is 4.96. The van der Waals surface area contributed by atoms with Crippen molar-refractivity contribution in [3.05, 3.63) is 21.3 Å². The van der Waals surface area contributed by atoms with E-state index in [1.807, 2.05) is 13.8 Å². The Morgan fingerprint density at radius 2 is 2.18 bits per heavy atom. The van der Waals surface area contributed by atoms with E-state index in [2.05, 4.69) is 5.32 Å². The number of carboxylic acid groups (broad SMARTS) is 1. The van der Waals surface area contributed by atoms with E-state index >= 15 is 0 Å². The molecule has 1 aromatic heterocycles. The lowest BCUT2D eigenvalue weighted by Gasteiger charge is -2.16. The van der Waals surface area contributed by atoms with Crippen LogP contribution in [-0.2, 0) is 4.79 Å². The van der Waals surface area contributed by atoms with Gasteiger partial charge in [-0.25, -0.2) is 0 Å². The third-order valence-corrected chi connectivity index (χ3v) is 3.77. The fraction of sp³-hybridized carbons (Fsp3) is 0.455. The van der Waals surface area contributed by atoms with Gasteiger partial charge < -0.3 is 10.4 Å². The molecule has 17 heavy (non-hydrogen) atoms. The van der Waals surface area contributed by atoms with Gasteiger partial charge in [-0.1, -0.05) is 25.4 Å². The second kappa shape index (κ2) is 6.02. The van der Waals surface area contributed by atoms with Crippen molar-refractivity contribution in [1.82, 2.24) is 5.32 Å². The van der Waals surface area contributed by atoms with E-state index in [-0.39, 0.29) is 18.4 Å². The zero-order valence-electron chi connectivity index (χ0n) is 9.57. The zero-order chi connectivity index (χ0) is 13.0. The Labute approximate surface area is 109 Å². The van der Waals surface area contributed by atoms with Gasteiger partial charge in [-0.2, -0.15) is 0 Å². The van der Waals surface area contributed by atoms with Crippen LogP contribution in [-0.4, -0.2) is 23.5 Å². The lowest BCUT2D eigenvalue weighted by Crippen LogP contribution is -2.35. The van der Waals surface area contributed by atoms with E-state index in [0.717, 1.165) is 0 Å². The quantitative estimate of drug-likeness (QED) is 0.868. The number of carbonyl (C=O) groups is 2. The molecule has 0 spiro atoms. The largest absolute Gasteiger partial charge is 0.481 e. The molecule has 2 N–H and O–H groups in total. The molecule has 1 rings (SSSR count). The van der Waals surface area contributed by atoms with Crippen molar-refractivity contribution in [2.75, 3.05) is 6.54 Å². The lowest BCUT2D eigenvalue weighted by molar-refractivity contribution is -0.142. The molecule has 6 heteroatoms. The van der Waals surface area contributed by atoms with E-state index in [4.69, 9.17) is 16.7 Å². The third kappa shape index (κ3) is 3.71. The SMILES string of the molecule is CC(C)C(CNC(=O)c1sccc1Cl)C(=O)O. The van der Waals surface area contributed by atoms with Gasteiger partial charge in [0.1, 0.15) is 4.88 Å². The van der Waals surface area contributed by atoms with Crippen molar-refractivity contribution in [2.45, 2.75) is 13.8 Å². The summed E-state index contributed by atoms with van der Waals surface area (Å²) in [5, 5.41) is 13.7. The highest BCUT2D eigenvalue weighted by atomic mass is 35.5. The van der Waals surface area contributed by atoms with Gasteiger partial charge in [-0.15, -0.1) is 11.3 Å². The molecule has 94 valence electrons. The summed E-state index contributed by atoms with van der Waals surface area (Å²) in [4.78, 5) is 23.0. The van der Waals surface area contributed by atoms with E-state index in [1.54, 1.807) is 11.4 Å². The Morgan fingerprint density at radius 1 is 1.53 bits per heavy atom. The van der Waals surface area contributed by atoms with Gasteiger partial charge in [0.15, 0.2) is 0 Å². The average molecular weight is 276 g/mol. The van der Waals surface area contributed by atoms with Gasteiger partial charge in [0, 0.05) is 6.54 Å². The second-order valence-corrected chi connectivity index (χ2v) is 5.32. The van der Waals surface area contributed by atoms with Gasteiger partial charge >= 0.3 is 5.97 Å². The van der Waals surface area contributed by atoms with Crippen LogP contribution in [0.25, 0.3) is 0 Å². The second-order valence-electron chi connectivity index (χ2n) is 4.00. The normalized spacial score (nSPS) is 12.5. The molecular weight excluding hydrogens is 262 g/mol. The molecule has 0 aliphatic rings. The van der Waals surface area contributed by atoms with Gasteiger partial charge in [-0.3, -0.25) is 9.59 Å². The minimum atomic E-state index is -0.905. The topological polar surface area (TPSA) is 66.4 Å². The Balaban J connectivity index is 2.59. The van der Waals surface area contributed by atoms with Crippen molar-refractivity contribution in [3.63, 3.8) is 0 Å². The zero-order valence-corrected chi connectivity index (χ0v) is 11.1. The molecule has 1 amide bonds. The first-order chi connectivity index (χ1) is 7.93. The standard InChI is InChI=1S/C11H14ClNO3S/c1-6(2)7(11(15)16)5-13-10(14)9-8(12)3-4-17-9/h3-4,6-7H,5H2,1-2H3,(H,13,14)(H,15,16). The number of rotatable bonds is 5. The van der Waals surface area contributed by atoms with Crippen LogP contribution in [0.4, 0.5) is 0 Å². The van der Waals surface area contributed by atoms with Gasteiger partial charge in [-0.05, 0) is 17.4 Å². The summed E-state index contributed by atoms with van der Waals surface area (Å²) in [6.07, 6.45) is 0. The lowest BCUT2D eigenvalue weighted by atomic mass is 9.96. The van der Waals surface area contributed by atoms with Crippen LogP contribution in [0.3, 0.4) is 0 Å². The minimum absolute atomic E-state index is 0.0355. The molecular formula is C11H14ClNO3S. The van der Waals surface area contributed by atoms with E-state index < -0.39 is 11.9 Å². The number of carbonyl (C=O) groups excluding carboxylic acids is 1. The molecule has 0 aliphatic heterocycles. The van der Waals surface area contributed by atoms with Crippen LogP contribution in [0.5, 0.6) is 0 Å². The molecule has 0 aromatic carbocycles. The Morgan fingerprint density at radius 3 is 2.59 bits per heavy atom. The molecule has 0 saturated carbocycles. The van der Waals surface area contributed by atoms with E-state index in [0.29, 0.717) is 9.90 Å². The van der Waals surface area contributed by atoms with E-state index in [1.165, 1.54) is 11.3 Å². The fourth-order valence-electron chi connectivity index (χ4n) is 1.35. The summed E-state index contributed by atoms with van der Waals surface area (Å²) < 4.78 is 0. The molecule has 4 nitrogen and oxygen atoms in total. The van der Waals surface area contributed by atoms with Crippen molar-refractivity contribution in [2.24, 2.45) is 11.8 Å². The first-order valence-electron chi connectivity index (χ1n) is 5.17. The summed E-state index contributed by atoms with van der Waals surface area (Å²) >= 11 is 7.04. The number of thiophene rings is 1. The van der Waals surface area contributed by atoms with Gasteiger partial charge in [0.25, 0.3) is 5.91 Å². The first kappa shape index (κ1) is 14.0. The Hall–Kier alpha value is -1.07. The van der Waals surface area contributed by atoms with Crippen LogP contribution in [0.1, 0.15) is 23.5 Å². The molecule has 1 unspecified atom stereocenters. The maximum atomic E-state index is 11.7. The molecule has 1 aromatic rings. The highest BCUT2D eigenvalue weighted by Crippen LogP contribution is 2.21. The number of halogens is 1. The van der Waals surface area contributed by atoms with Crippen molar-refractivity contribution < 1.29 is 14.7 Å². The summed E-state index contributed by atoms with van der Waals surface area (Å²) in [7, 11) is 0. The summed E-state index contributed by atoms with van der Waals surface area (Å²) in [5.74, 6) is -1.85. The predicted molar refractivity (Wildman–Crippen MR) is 67.6 cm³/mol. The maximum absolute atomic E-state index is 11.7. The molecule has 0 saturated heterocycles. The smallest absolute Gasteiger partial charge is 0.308 e. The predicted octanol–water partition coefficient (Wildman–Crippen LogP) is 2.49. The van der Waals surface area contributed by atoms with Crippen molar-refractivity contribution >= 4 is 34.8 Å². The number of nitrogens with one attached hydrogen (secondary N) is 1. The van der Waals surface area contributed by atoms with Crippen LogP contribution in [0.15, 0.2) is 11.4 Å². The highest BCUT2D eigenvalue weighted by Gasteiger charge is 2.22. The molecule has 0 fully saturated rings. The monoisotopic (exact) mass is 275 g/mol. The minimum Gasteiger partial charge on any atom is -0.481 e. The summed E-state index contributed by atoms with van der Waals surface area (Å²) in [6, 6.07) is 1.64. The molecule has 0 radical (unpaired) electrons. The van der Waals surface area contributed by atoms with Crippen LogP contribution in [0.2, 0.25) is 5.02 Å². The highest BCUT2D eigenvalue weighted by molar-refractivity contribution is 7.12. The summed E-state index contributed by atoms with van der Waals surface area (Å²) in [6.45, 7) is 3.73. The summed E-state index contributed by atoms with van der Waals surface area (Å²) in [5.41, 5.74) is 0. The number of hydrogen-bond donors (Lipinski definition) is 2. The van der Waals surface area contributed by atoms with Gasteiger partial charge in [0.2, 0.25) is 0 Å². The number of carboxylic acids is 1. The van der Waals surface area contributed by atoms with Crippen LogP contribution in [0, 0.1) is 11.8 Å². The number of amides is 1. The maximum Gasteiger partial charge on any atom is 0.308 e. The van der Waals surface area contributed by atoms with Crippen LogP contribution < -0.4 is 5.32 Å². The molecule has 0 aliphatic carbocycles.